The lowest BCUT2D eigenvalue weighted by Crippen LogP contribution is -2.28. The van der Waals surface area contributed by atoms with Crippen molar-refractivity contribution in [1.29, 1.82) is 5.26 Å². The molecular formula is C32H32N6O2. The average molecular weight is 533 g/mol. The van der Waals surface area contributed by atoms with E-state index in [1.807, 2.05) is 70.2 Å². The summed E-state index contributed by atoms with van der Waals surface area (Å²) in [6.07, 6.45) is 2.98. The summed E-state index contributed by atoms with van der Waals surface area (Å²) in [4.78, 5) is 38.4. The number of hydrogen-bond donors (Lipinski definition) is 2. The zero-order valence-corrected chi connectivity index (χ0v) is 23.5. The lowest BCUT2D eigenvalue weighted by Gasteiger charge is -2.17. The number of amides is 2. The molecule has 2 aromatic heterocycles. The standard InChI is InChI=1S/C32H32N6O2/c1-20-10-11-24(37-29(39)23-12-13-34-27(15-23)32(5,6)18-33)16-25(20)21-8-7-9-22(14-21)26-17-28(36-19-35-26)38-30(40)31(2,3)4/h7-17,19H,1-6H3,(H,37,39)(H,35,36,38,40). The van der Waals surface area contributed by atoms with Crippen molar-refractivity contribution in [2.24, 2.45) is 5.41 Å². The van der Waals surface area contributed by atoms with Crippen molar-refractivity contribution in [3.63, 3.8) is 0 Å². The minimum Gasteiger partial charge on any atom is -0.322 e. The Morgan fingerprint density at radius 3 is 2.33 bits per heavy atom. The van der Waals surface area contributed by atoms with Crippen LogP contribution in [0.25, 0.3) is 22.4 Å². The Kier molecular flexibility index (Phi) is 7.78. The van der Waals surface area contributed by atoms with E-state index in [0.717, 1.165) is 22.3 Å². The van der Waals surface area contributed by atoms with Crippen LogP contribution in [-0.2, 0) is 10.2 Å². The molecule has 8 heteroatoms. The highest BCUT2D eigenvalue weighted by atomic mass is 16.2. The van der Waals surface area contributed by atoms with Gasteiger partial charge in [0.1, 0.15) is 12.1 Å². The van der Waals surface area contributed by atoms with Gasteiger partial charge < -0.3 is 10.6 Å². The second-order valence-electron chi connectivity index (χ2n) is 11.2. The normalized spacial score (nSPS) is 11.4. The molecule has 0 aliphatic carbocycles. The minimum atomic E-state index is -0.805. The Morgan fingerprint density at radius 2 is 1.60 bits per heavy atom. The number of pyridine rings is 1. The molecule has 0 fully saturated rings. The number of nitriles is 1. The fourth-order valence-corrected chi connectivity index (χ4v) is 3.92. The number of aromatic nitrogens is 3. The van der Waals surface area contributed by atoms with Crippen LogP contribution in [0.3, 0.4) is 0 Å². The number of nitrogens with zero attached hydrogens (tertiary/aromatic N) is 4. The van der Waals surface area contributed by atoms with Gasteiger partial charge >= 0.3 is 0 Å². The smallest absolute Gasteiger partial charge is 0.255 e. The van der Waals surface area contributed by atoms with Gasteiger partial charge in [0.05, 0.1) is 22.9 Å². The maximum Gasteiger partial charge on any atom is 0.255 e. The first-order chi connectivity index (χ1) is 18.9. The number of aryl methyl sites for hydroxylation is 1. The van der Waals surface area contributed by atoms with Crippen molar-refractivity contribution < 1.29 is 9.59 Å². The number of anilines is 2. The Hall–Kier alpha value is -4.90. The van der Waals surface area contributed by atoms with Gasteiger partial charge in [-0.1, -0.05) is 45.0 Å². The zero-order valence-electron chi connectivity index (χ0n) is 23.5. The van der Waals surface area contributed by atoms with E-state index in [1.54, 1.807) is 38.2 Å². The predicted molar refractivity (Wildman–Crippen MR) is 157 cm³/mol. The minimum absolute atomic E-state index is 0.128. The van der Waals surface area contributed by atoms with Gasteiger partial charge in [0.15, 0.2) is 0 Å². The second-order valence-corrected chi connectivity index (χ2v) is 11.2. The summed E-state index contributed by atoms with van der Waals surface area (Å²) in [6.45, 7) is 11.1. The molecule has 0 aliphatic rings. The van der Waals surface area contributed by atoms with Crippen molar-refractivity contribution in [3.05, 3.63) is 90.0 Å². The first kappa shape index (κ1) is 28.1. The third-order valence-electron chi connectivity index (χ3n) is 6.50. The van der Waals surface area contributed by atoms with Gasteiger partial charge in [0, 0.05) is 34.5 Å². The molecule has 0 saturated heterocycles. The van der Waals surface area contributed by atoms with E-state index in [4.69, 9.17) is 0 Å². The van der Waals surface area contributed by atoms with Crippen LogP contribution in [0.4, 0.5) is 11.5 Å². The molecular weight excluding hydrogens is 500 g/mol. The molecule has 0 spiro atoms. The number of benzene rings is 2. The first-order valence-electron chi connectivity index (χ1n) is 12.9. The third kappa shape index (κ3) is 6.38. The summed E-state index contributed by atoms with van der Waals surface area (Å²) < 4.78 is 0. The summed E-state index contributed by atoms with van der Waals surface area (Å²) in [5.41, 5.74) is 4.74. The molecule has 2 heterocycles. The van der Waals surface area contributed by atoms with Crippen molar-refractivity contribution in [2.45, 2.75) is 47.0 Å². The number of carbonyl (C=O) groups is 2. The second kappa shape index (κ2) is 11.1. The highest BCUT2D eigenvalue weighted by Crippen LogP contribution is 2.31. The Labute approximate surface area is 234 Å². The molecule has 0 radical (unpaired) electrons. The zero-order chi connectivity index (χ0) is 29.1. The summed E-state index contributed by atoms with van der Waals surface area (Å²) in [5, 5.41) is 15.2. The van der Waals surface area contributed by atoms with Crippen LogP contribution in [0.5, 0.6) is 0 Å². The number of rotatable bonds is 6. The molecule has 2 amide bonds. The molecule has 0 aliphatic heterocycles. The number of nitrogens with one attached hydrogen (secondary N) is 2. The van der Waals surface area contributed by atoms with E-state index in [-0.39, 0.29) is 11.8 Å². The van der Waals surface area contributed by atoms with E-state index in [9.17, 15) is 14.9 Å². The molecule has 0 unspecified atom stereocenters. The summed E-state index contributed by atoms with van der Waals surface area (Å²) in [7, 11) is 0. The molecule has 202 valence electrons. The van der Waals surface area contributed by atoms with E-state index in [1.165, 1.54) is 6.33 Å². The van der Waals surface area contributed by atoms with Crippen molar-refractivity contribution in [1.82, 2.24) is 15.0 Å². The van der Waals surface area contributed by atoms with Gasteiger partial charge in [-0.25, -0.2) is 9.97 Å². The maximum absolute atomic E-state index is 13.1. The third-order valence-corrected chi connectivity index (χ3v) is 6.50. The van der Waals surface area contributed by atoms with Crippen LogP contribution < -0.4 is 10.6 Å². The average Bonchev–Trinajstić information content (AvgIpc) is 2.94. The van der Waals surface area contributed by atoms with Gasteiger partial charge in [-0.2, -0.15) is 5.26 Å². The molecule has 2 aromatic carbocycles. The van der Waals surface area contributed by atoms with Crippen molar-refractivity contribution in [3.8, 4) is 28.5 Å². The fourth-order valence-electron chi connectivity index (χ4n) is 3.92. The van der Waals surface area contributed by atoms with Crippen LogP contribution in [0.15, 0.2) is 73.2 Å². The summed E-state index contributed by atoms with van der Waals surface area (Å²) in [6, 6.07) is 20.9. The highest BCUT2D eigenvalue weighted by Gasteiger charge is 2.23. The molecule has 2 N–H and O–H groups in total. The Balaban J connectivity index is 1.60. The summed E-state index contributed by atoms with van der Waals surface area (Å²) >= 11 is 0. The van der Waals surface area contributed by atoms with Crippen LogP contribution in [-0.4, -0.2) is 26.8 Å². The SMILES string of the molecule is Cc1ccc(NC(=O)c2ccnc(C(C)(C)C#N)c2)cc1-c1cccc(-c2cc(NC(=O)C(C)(C)C)ncn2)c1. The molecule has 0 atom stereocenters. The van der Waals surface area contributed by atoms with Gasteiger partial charge in [0.25, 0.3) is 5.91 Å². The Bertz CT molecular complexity index is 1630. The maximum atomic E-state index is 13.1. The largest absolute Gasteiger partial charge is 0.322 e. The molecule has 8 nitrogen and oxygen atoms in total. The number of carbonyl (C=O) groups excluding carboxylic acids is 2. The van der Waals surface area contributed by atoms with Crippen LogP contribution >= 0.6 is 0 Å². The fraction of sp³-hybridized carbons (Fsp3) is 0.250. The lowest BCUT2D eigenvalue weighted by atomic mass is 9.90. The summed E-state index contributed by atoms with van der Waals surface area (Å²) in [5.74, 6) is 0.0255. The van der Waals surface area contributed by atoms with Gasteiger partial charge in [0.2, 0.25) is 5.91 Å². The molecule has 0 saturated carbocycles. The molecule has 0 bridgehead atoms. The van der Waals surface area contributed by atoms with E-state index in [0.29, 0.717) is 28.5 Å². The quantitative estimate of drug-likeness (QED) is 0.290. The van der Waals surface area contributed by atoms with Crippen molar-refractivity contribution >= 4 is 23.3 Å². The Morgan fingerprint density at radius 1 is 0.850 bits per heavy atom. The topological polar surface area (TPSA) is 121 Å². The monoisotopic (exact) mass is 532 g/mol. The molecule has 40 heavy (non-hydrogen) atoms. The highest BCUT2D eigenvalue weighted by molar-refractivity contribution is 6.04. The van der Waals surface area contributed by atoms with Crippen LogP contribution in [0, 0.1) is 23.7 Å². The molecule has 4 aromatic rings. The van der Waals surface area contributed by atoms with Crippen LogP contribution in [0.2, 0.25) is 0 Å². The van der Waals surface area contributed by atoms with Gasteiger partial charge in [-0.3, -0.25) is 14.6 Å². The van der Waals surface area contributed by atoms with E-state index >= 15 is 0 Å². The molecule has 4 rings (SSSR count). The van der Waals surface area contributed by atoms with Crippen molar-refractivity contribution in [2.75, 3.05) is 10.6 Å². The number of hydrogen-bond acceptors (Lipinski definition) is 6. The van der Waals surface area contributed by atoms with E-state index < -0.39 is 10.8 Å². The predicted octanol–water partition coefficient (Wildman–Crippen LogP) is 6.55. The van der Waals surface area contributed by atoms with E-state index in [2.05, 4.69) is 31.7 Å². The first-order valence-corrected chi connectivity index (χ1v) is 12.9. The van der Waals surface area contributed by atoms with Gasteiger partial charge in [-0.15, -0.1) is 0 Å². The van der Waals surface area contributed by atoms with Gasteiger partial charge in [-0.05, 0) is 67.8 Å². The lowest BCUT2D eigenvalue weighted by molar-refractivity contribution is -0.123. The van der Waals surface area contributed by atoms with Crippen LogP contribution in [0.1, 0.15) is 56.2 Å².